The van der Waals surface area contributed by atoms with Crippen LogP contribution in [0.2, 0.25) is 5.02 Å². The molecule has 0 aliphatic carbocycles. The second-order valence-electron chi connectivity index (χ2n) is 4.29. The van der Waals surface area contributed by atoms with E-state index >= 15 is 0 Å². The average molecular weight is 341 g/mol. The normalized spacial score (nSPS) is 12.4. The zero-order chi connectivity index (χ0) is 13.7. The van der Waals surface area contributed by atoms with Gasteiger partial charge in [-0.2, -0.15) is 0 Å². The summed E-state index contributed by atoms with van der Waals surface area (Å²) in [5, 5.41) is 14.0. The second kappa shape index (κ2) is 7.06. The monoisotopic (exact) mass is 339 g/mol. The lowest BCUT2D eigenvalue weighted by Crippen LogP contribution is -2.21. The molecule has 4 heteroatoms. The van der Waals surface area contributed by atoms with E-state index in [0.29, 0.717) is 18.1 Å². The molecule has 2 aromatic rings. The van der Waals surface area contributed by atoms with Crippen LogP contribution in [0, 0.1) is 0 Å². The fourth-order valence-electron chi connectivity index (χ4n) is 1.82. The summed E-state index contributed by atoms with van der Waals surface area (Å²) < 4.78 is 1.01. The minimum atomic E-state index is -0.501. The van der Waals surface area contributed by atoms with E-state index in [1.54, 1.807) is 0 Å². The molecule has 0 spiro atoms. The van der Waals surface area contributed by atoms with E-state index < -0.39 is 6.10 Å². The van der Waals surface area contributed by atoms with Gasteiger partial charge in [-0.05, 0) is 29.3 Å². The third-order valence-electron chi connectivity index (χ3n) is 2.85. The largest absolute Gasteiger partial charge is 0.387 e. The van der Waals surface area contributed by atoms with Gasteiger partial charge in [0, 0.05) is 22.6 Å². The van der Waals surface area contributed by atoms with Gasteiger partial charge in [-0.15, -0.1) is 0 Å². The number of halogens is 2. The van der Waals surface area contributed by atoms with Crippen molar-refractivity contribution in [3.63, 3.8) is 0 Å². The van der Waals surface area contributed by atoms with Crippen molar-refractivity contribution in [3.8, 4) is 0 Å². The van der Waals surface area contributed by atoms with Crippen LogP contribution in [0.15, 0.2) is 53.0 Å². The Morgan fingerprint density at radius 1 is 1.16 bits per heavy atom. The quantitative estimate of drug-likeness (QED) is 0.864. The highest BCUT2D eigenvalue weighted by Gasteiger charge is 2.07. The summed E-state index contributed by atoms with van der Waals surface area (Å²) in [7, 11) is 0. The van der Waals surface area contributed by atoms with Gasteiger partial charge in [0.15, 0.2) is 0 Å². The summed E-state index contributed by atoms with van der Waals surface area (Å²) in [6.45, 7) is 1.16. The molecule has 100 valence electrons. The topological polar surface area (TPSA) is 32.3 Å². The van der Waals surface area contributed by atoms with Crippen molar-refractivity contribution in [2.75, 3.05) is 6.54 Å². The van der Waals surface area contributed by atoms with Gasteiger partial charge in [0.2, 0.25) is 0 Å². The van der Waals surface area contributed by atoms with Gasteiger partial charge in [0.25, 0.3) is 0 Å². The van der Waals surface area contributed by atoms with Gasteiger partial charge in [-0.1, -0.05) is 57.9 Å². The van der Waals surface area contributed by atoms with Crippen molar-refractivity contribution in [2.24, 2.45) is 0 Å². The Hall–Kier alpha value is -0.870. The van der Waals surface area contributed by atoms with Crippen molar-refractivity contribution >= 4 is 27.5 Å². The van der Waals surface area contributed by atoms with Crippen LogP contribution in [-0.4, -0.2) is 11.7 Å². The van der Waals surface area contributed by atoms with E-state index in [2.05, 4.69) is 21.2 Å². The molecule has 2 N–H and O–H groups in total. The molecule has 0 heterocycles. The number of aliphatic hydroxyl groups excluding tert-OH is 1. The molecule has 0 aliphatic rings. The van der Waals surface area contributed by atoms with Crippen molar-refractivity contribution in [1.82, 2.24) is 5.32 Å². The standard InChI is InChI=1S/C15H15BrClNO/c16-14-7-6-13(17)8-12(14)9-18-10-15(19)11-4-2-1-3-5-11/h1-8,15,18-19H,9-10H2. The third-order valence-corrected chi connectivity index (χ3v) is 3.85. The Labute approximate surface area is 126 Å². The number of aliphatic hydroxyl groups is 1. The highest BCUT2D eigenvalue weighted by Crippen LogP contribution is 2.21. The van der Waals surface area contributed by atoms with Crippen molar-refractivity contribution < 1.29 is 5.11 Å². The Balaban J connectivity index is 1.88. The van der Waals surface area contributed by atoms with Gasteiger partial charge < -0.3 is 10.4 Å². The number of hydrogen-bond donors (Lipinski definition) is 2. The molecular weight excluding hydrogens is 326 g/mol. The van der Waals surface area contributed by atoms with Crippen LogP contribution in [-0.2, 0) is 6.54 Å². The highest BCUT2D eigenvalue weighted by atomic mass is 79.9. The molecule has 19 heavy (non-hydrogen) atoms. The van der Waals surface area contributed by atoms with Gasteiger partial charge in [-0.3, -0.25) is 0 Å². The first-order chi connectivity index (χ1) is 9.16. The molecule has 0 saturated heterocycles. The molecule has 2 aromatic carbocycles. The zero-order valence-corrected chi connectivity index (χ0v) is 12.7. The lowest BCUT2D eigenvalue weighted by atomic mass is 10.1. The van der Waals surface area contributed by atoms with E-state index in [0.717, 1.165) is 15.6 Å². The summed E-state index contributed by atoms with van der Waals surface area (Å²) in [5.41, 5.74) is 1.99. The fourth-order valence-corrected chi connectivity index (χ4v) is 2.40. The molecule has 0 bridgehead atoms. The molecule has 1 atom stereocenters. The van der Waals surface area contributed by atoms with E-state index in [4.69, 9.17) is 11.6 Å². The van der Waals surface area contributed by atoms with E-state index in [1.165, 1.54) is 0 Å². The summed E-state index contributed by atoms with van der Waals surface area (Å²) in [4.78, 5) is 0. The smallest absolute Gasteiger partial charge is 0.0914 e. The predicted molar refractivity (Wildman–Crippen MR) is 82.3 cm³/mol. The van der Waals surface area contributed by atoms with Crippen LogP contribution >= 0.6 is 27.5 Å². The van der Waals surface area contributed by atoms with Crippen molar-refractivity contribution in [2.45, 2.75) is 12.6 Å². The van der Waals surface area contributed by atoms with Gasteiger partial charge >= 0.3 is 0 Å². The third kappa shape index (κ3) is 4.32. The van der Waals surface area contributed by atoms with E-state index in [9.17, 15) is 5.11 Å². The van der Waals surface area contributed by atoms with Gasteiger partial charge in [0.1, 0.15) is 0 Å². The molecule has 0 aliphatic heterocycles. The maximum absolute atomic E-state index is 10.0. The number of benzene rings is 2. The first-order valence-electron chi connectivity index (χ1n) is 6.04. The van der Waals surface area contributed by atoms with Crippen LogP contribution in [0.25, 0.3) is 0 Å². The molecule has 0 amide bonds. The van der Waals surface area contributed by atoms with Crippen LogP contribution in [0.3, 0.4) is 0 Å². The minimum absolute atomic E-state index is 0.501. The minimum Gasteiger partial charge on any atom is -0.387 e. The lowest BCUT2D eigenvalue weighted by Gasteiger charge is -2.13. The summed E-state index contributed by atoms with van der Waals surface area (Å²) in [6, 6.07) is 15.3. The predicted octanol–water partition coefficient (Wildman–Crippen LogP) is 3.93. The Kier molecular flexibility index (Phi) is 5.40. The molecule has 2 rings (SSSR count). The first kappa shape index (κ1) is 14.5. The van der Waals surface area contributed by atoms with Crippen LogP contribution in [0.5, 0.6) is 0 Å². The maximum Gasteiger partial charge on any atom is 0.0914 e. The molecule has 0 radical (unpaired) electrons. The second-order valence-corrected chi connectivity index (χ2v) is 5.58. The Bertz CT molecular complexity index is 533. The Morgan fingerprint density at radius 2 is 1.89 bits per heavy atom. The maximum atomic E-state index is 10.0. The molecule has 0 saturated carbocycles. The average Bonchev–Trinajstić information content (AvgIpc) is 2.43. The van der Waals surface area contributed by atoms with Crippen LogP contribution in [0.4, 0.5) is 0 Å². The van der Waals surface area contributed by atoms with Crippen molar-refractivity contribution in [1.29, 1.82) is 0 Å². The highest BCUT2D eigenvalue weighted by molar-refractivity contribution is 9.10. The lowest BCUT2D eigenvalue weighted by molar-refractivity contribution is 0.174. The fraction of sp³-hybridized carbons (Fsp3) is 0.200. The zero-order valence-electron chi connectivity index (χ0n) is 10.3. The SMILES string of the molecule is OC(CNCc1cc(Cl)ccc1Br)c1ccccc1. The summed E-state index contributed by atoms with van der Waals surface area (Å²) in [6.07, 6.45) is -0.501. The molecule has 0 aromatic heterocycles. The summed E-state index contributed by atoms with van der Waals surface area (Å²) in [5.74, 6) is 0. The van der Waals surface area contributed by atoms with Crippen LogP contribution < -0.4 is 5.32 Å². The number of rotatable bonds is 5. The molecule has 2 nitrogen and oxygen atoms in total. The van der Waals surface area contributed by atoms with E-state index in [-0.39, 0.29) is 0 Å². The first-order valence-corrected chi connectivity index (χ1v) is 7.21. The van der Waals surface area contributed by atoms with Crippen LogP contribution in [0.1, 0.15) is 17.2 Å². The van der Waals surface area contributed by atoms with Gasteiger partial charge in [0.05, 0.1) is 6.10 Å². The number of nitrogens with one attached hydrogen (secondary N) is 1. The summed E-state index contributed by atoms with van der Waals surface area (Å²) >= 11 is 9.44. The van der Waals surface area contributed by atoms with E-state index in [1.807, 2.05) is 48.5 Å². The van der Waals surface area contributed by atoms with Crippen molar-refractivity contribution in [3.05, 3.63) is 69.2 Å². The molecular formula is C15H15BrClNO. The number of hydrogen-bond acceptors (Lipinski definition) is 2. The Morgan fingerprint density at radius 3 is 2.63 bits per heavy atom. The molecule has 0 fully saturated rings. The van der Waals surface area contributed by atoms with Gasteiger partial charge in [-0.25, -0.2) is 0 Å². The molecule has 1 unspecified atom stereocenters.